The number of nitrogens with one attached hydrogen (secondary N) is 1. The Labute approximate surface area is 132 Å². The minimum atomic E-state index is -0.379. The van der Waals surface area contributed by atoms with Crippen LogP contribution in [0.3, 0.4) is 0 Å². The van der Waals surface area contributed by atoms with E-state index in [1.807, 2.05) is 35.1 Å². The Hall–Kier alpha value is -2.89. The number of aryl methyl sites for hydroxylation is 2. The number of amides is 1. The average molecular weight is 311 g/mol. The number of hydrogen-bond donors (Lipinski definition) is 1. The second-order valence-corrected chi connectivity index (χ2v) is 5.30. The molecule has 0 saturated carbocycles. The summed E-state index contributed by atoms with van der Waals surface area (Å²) in [5.74, 6) is 0.0846. The van der Waals surface area contributed by atoms with Crippen LogP contribution in [0.25, 0.3) is 10.9 Å². The largest absolute Gasteiger partial charge is 0.456 e. The molecule has 118 valence electrons. The van der Waals surface area contributed by atoms with E-state index in [4.69, 9.17) is 4.42 Å². The van der Waals surface area contributed by atoms with Gasteiger partial charge in [0, 0.05) is 30.6 Å². The van der Waals surface area contributed by atoms with Gasteiger partial charge >= 0.3 is 0 Å². The first kappa shape index (κ1) is 15.0. The van der Waals surface area contributed by atoms with Crippen LogP contribution in [0.1, 0.15) is 22.7 Å². The lowest BCUT2D eigenvalue weighted by atomic mass is 10.2. The second-order valence-electron chi connectivity index (χ2n) is 5.30. The molecule has 0 fully saturated rings. The van der Waals surface area contributed by atoms with Gasteiger partial charge in [-0.2, -0.15) is 5.10 Å². The number of para-hydroxylation sites is 1. The molecule has 0 bridgehead atoms. The zero-order valence-electron chi connectivity index (χ0n) is 12.8. The molecule has 1 amide bonds. The van der Waals surface area contributed by atoms with Crippen molar-refractivity contribution in [1.29, 1.82) is 0 Å². The van der Waals surface area contributed by atoms with Crippen LogP contribution < -0.4 is 10.7 Å². The van der Waals surface area contributed by atoms with Gasteiger partial charge in [0.2, 0.25) is 0 Å². The van der Waals surface area contributed by atoms with Gasteiger partial charge in [0.05, 0.1) is 11.7 Å². The van der Waals surface area contributed by atoms with Gasteiger partial charge in [0.25, 0.3) is 5.91 Å². The lowest BCUT2D eigenvalue weighted by Gasteiger charge is -2.06. The summed E-state index contributed by atoms with van der Waals surface area (Å²) in [7, 11) is 0. The van der Waals surface area contributed by atoms with E-state index >= 15 is 0 Å². The smallest absolute Gasteiger partial charge is 0.287 e. The van der Waals surface area contributed by atoms with E-state index < -0.39 is 0 Å². The maximum atomic E-state index is 12.0. The number of carbonyl (C=O) groups excluding carboxylic acids is 1. The van der Waals surface area contributed by atoms with Crippen molar-refractivity contribution in [2.45, 2.75) is 19.9 Å². The van der Waals surface area contributed by atoms with E-state index in [1.54, 1.807) is 6.92 Å². The first-order chi connectivity index (χ1) is 11.1. The van der Waals surface area contributed by atoms with Crippen LogP contribution in [0, 0.1) is 6.92 Å². The Balaban J connectivity index is 1.55. The molecule has 3 rings (SSSR count). The maximum absolute atomic E-state index is 12.0. The highest BCUT2D eigenvalue weighted by Crippen LogP contribution is 2.12. The Bertz CT molecular complexity index is 895. The first-order valence-corrected chi connectivity index (χ1v) is 7.44. The summed E-state index contributed by atoms with van der Waals surface area (Å²) in [6.45, 7) is 2.82. The quantitative estimate of drug-likeness (QED) is 0.732. The van der Waals surface area contributed by atoms with E-state index in [0.717, 1.165) is 17.3 Å². The third-order valence-electron chi connectivity index (χ3n) is 3.50. The van der Waals surface area contributed by atoms with Gasteiger partial charge in [-0.3, -0.25) is 14.3 Å². The molecule has 0 radical (unpaired) electrons. The van der Waals surface area contributed by atoms with Gasteiger partial charge in [-0.25, -0.2) is 0 Å². The van der Waals surface area contributed by atoms with Gasteiger partial charge in [0.1, 0.15) is 5.76 Å². The molecule has 1 aromatic carbocycles. The summed E-state index contributed by atoms with van der Waals surface area (Å²) in [6.07, 6.45) is 2.56. The van der Waals surface area contributed by atoms with Crippen molar-refractivity contribution >= 4 is 16.8 Å². The molecular formula is C17H17N3O3. The van der Waals surface area contributed by atoms with Crippen LogP contribution in [-0.2, 0) is 6.54 Å². The maximum Gasteiger partial charge on any atom is 0.287 e. The number of carbonyl (C=O) groups is 1. The fraction of sp³-hybridized carbons (Fsp3) is 0.235. The highest BCUT2D eigenvalue weighted by molar-refractivity contribution is 5.91. The standard InChI is InChI=1S/C17H17N3O3/c1-12-9-14(21)10-16(23-12)17(22)18-7-4-8-20-15-6-3-2-5-13(15)11-19-20/h2-3,5-6,9-11H,4,7-8H2,1H3,(H,18,22). The van der Waals surface area contributed by atoms with Crippen molar-refractivity contribution < 1.29 is 9.21 Å². The number of nitrogens with zero attached hydrogens (tertiary/aromatic N) is 2. The SMILES string of the molecule is Cc1cc(=O)cc(C(=O)NCCCn2ncc3ccccc32)o1. The third kappa shape index (κ3) is 3.48. The minimum absolute atomic E-state index is 0.0412. The molecule has 0 aliphatic rings. The van der Waals surface area contributed by atoms with Crippen molar-refractivity contribution in [3.05, 3.63) is 64.3 Å². The Morgan fingerprint density at radius 1 is 1.30 bits per heavy atom. The molecule has 1 N–H and O–H groups in total. The summed E-state index contributed by atoms with van der Waals surface area (Å²) in [6, 6.07) is 10.5. The van der Waals surface area contributed by atoms with Crippen molar-refractivity contribution in [3.8, 4) is 0 Å². The third-order valence-corrected chi connectivity index (χ3v) is 3.50. The van der Waals surface area contributed by atoms with Crippen LogP contribution in [-0.4, -0.2) is 22.2 Å². The van der Waals surface area contributed by atoms with Crippen molar-refractivity contribution in [3.63, 3.8) is 0 Å². The summed E-state index contributed by atoms with van der Waals surface area (Å²) in [5, 5.41) is 8.18. The number of benzene rings is 1. The predicted octanol–water partition coefficient (Wildman–Crippen LogP) is 2.12. The van der Waals surface area contributed by atoms with Gasteiger partial charge in [-0.05, 0) is 19.4 Å². The highest BCUT2D eigenvalue weighted by atomic mass is 16.3. The lowest BCUT2D eigenvalue weighted by Crippen LogP contribution is -2.26. The van der Waals surface area contributed by atoms with Gasteiger partial charge in [-0.1, -0.05) is 18.2 Å². The highest BCUT2D eigenvalue weighted by Gasteiger charge is 2.09. The minimum Gasteiger partial charge on any atom is -0.456 e. The number of rotatable bonds is 5. The molecular weight excluding hydrogens is 294 g/mol. The molecule has 6 nitrogen and oxygen atoms in total. The van der Waals surface area contributed by atoms with E-state index in [-0.39, 0.29) is 17.1 Å². The van der Waals surface area contributed by atoms with Crippen LogP contribution in [0.15, 0.2) is 51.8 Å². The number of aromatic nitrogens is 2. The second kappa shape index (κ2) is 6.48. The zero-order chi connectivity index (χ0) is 16.2. The predicted molar refractivity (Wildman–Crippen MR) is 86.4 cm³/mol. The van der Waals surface area contributed by atoms with E-state index in [1.165, 1.54) is 12.1 Å². The molecule has 0 unspecified atom stereocenters. The zero-order valence-corrected chi connectivity index (χ0v) is 12.8. The van der Waals surface area contributed by atoms with E-state index in [9.17, 15) is 9.59 Å². The Morgan fingerprint density at radius 2 is 2.13 bits per heavy atom. The molecule has 0 atom stereocenters. The first-order valence-electron chi connectivity index (χ1n) is 7.44. The van der Waals surface area contributed by atoms with Gasteiger partial charge in [-0.15, -0.1) is 0 Å². The molecule has 0 saturated heterocycles. The number of fused-ring (bicyclic) bond motifs is 1. The Kier molecular flexibility index (Phi) is 4.23. The van der Waals surface area contributed by atoms with Gasteiger partial charge in [0.15, 0.2) is 11.2 Å². The Morgan fingerprint density at radius 3 is 2.96 bits per heavy atom. The van der Waals surface area contributed by atoms with E-state index in [2.05, 4.69) is 10.4 Å². The normalized spacial score (nSPS) is 10.8. The fourth-order valence-corrected chi connectivity index (χ4v) is 2.44. The monoisotopic (exact) mass is 311 g/mol. The lowest BCUT2D eigenvalue weighted by molar-refractivity contribution is 0.0921. The van der Waals surface area contributed by atoms with Crippen LogP contribution >= 0.6 is 0 Å². The fourth-order valence-electron chi connectivity index (χ4n) is 2.44. The van der Waals surface area contributed by atoms with E-state index in [0.29, 0.717) is 18.8 Å². The molecule has 3 aromatic rings. The molecule has 6 heteroatoms. The average Bonchev–Trinajstić information content (AvgIpc) is 2.94. The van der Waals surface area contributed by atoms with Crippen molar-refractivity contribution in [2.75, 3.05) is 6.54 Å². The molecule has 0 aliphatic heterocycles. The molecule has 2 aromatic heterocycles. The van der Waals surface area contributed by atoms with Crippen LogP contribution in [0.2, 0.25) is 0 Å². The van der Waals surface area contributed by atoms with Crippen molar-refractivity contribution in [1.82, 2.24) is 15.1 Å². The summed E-state index contributed by atoms with van der Waals surface area (Å²) in [4.78, 5) is 23.3. The topological polar surface area (TPSA) is 77.1 Å². The summed E-state index contributed by atoms with van der Waals surface area (Å²) in [5.41, 5.74) is 0.838. The number of hydrogen-bond acceptors (Lipinski definition) is 4. The van der Waals surface area contributed by atoms with Crippen LogP contribution in [0.5, 0.6) is 0 Å². The summed E-state index contributed by atoms with van der Waals surface area (Å²) < 4.78 is 7.16. The molecule has 2 heterocycles. The molecule has 0 aliphatic carbocycles. The van der Waals surface area contributed by atoms with Gasteiger partial charge < -0.3 is 9.73 Å². The van der Waals surface area contributed by atoms with Crippen LogP contribution in [0.4, 0.5) is 0 Å². The summed E-state index contributed by atoms with van der Waals surface area (Å²) >= 11 is 0. The van der Waals surface area contributed by atoms with Crippen molar-refractivity contribution in [2.24, 2.45) is 0 Å². The molecule has 0 spiro atoms. The molecule has 23 heavy (non-hydrogen) atoms.